The van der Waals surface area contributed by atoms with Crippen molar-refractivity contribution in [3.05, 3.63) is 38.9 Å². The van der Waals surface area contributed by atoms with Gasteiger partial charge in [0.25, 0.3) is 11.6 Å². The number of nitro groups is 1. The summed E-state index contributed by atoms with van der Waals surface area (Å²) in [6.45, 7) is 4.56. The van der Waals surface area contributed by atoms with E-state index in [9.17, 15) is 14.9 Å². The second kappa shape index (κ2) is 5.76. The first-order valence-electron chi connectivity index (χ1n) is 6.26. The minimum atomic E-state index is -0.590. The van der Waals surface area contributed by atoms with Crippen molar-refractivity contribution in [2.24, 2.45) is 0 Å². The van der Waals surface area contributed by atoms with E-state index >= 15 is 0 Å². The Kier molecular flexibility index (Phi) is 4.25. The highest BCUT2D eigenvalue weighted by molar-refractivity contribution is 6.31. The summed E-state index contributed by atoms with van der Waals surface area (Å²) < 4.78 is 5.45. The first kappa shape index (κ1) is 14.7. The summed E-state index contributed by atoms with van der Waals surface area (Å²) in [5, 5.41) is 11.3. The lowest BCUT2D eigenvalue weighted by atomic mass is 10.1. The van der Waals surface area contributed by atoms with E-state index in [0.717, 1.165) is 0 Å². The predicted octanol–water partition coefficient (Wildman–Crippen LogP) is 2.50. The second-order valence-corrected chi connectivity index (χ2v) is 5.31. The average Bonchev–Trinajstić information content (AvgIpc) is 2.40. The average molecular weight is 299 g/mol. The first-order chi connectivity index (χ1) is 9.40. The van der Waals surface area contributed by atoms with E-state index < -0.39 is 4.92 Å². The topological polar surface area (TPSA) is 72.7 Å². The Morgan fingerprint density at radius 2 is 2.20 bits per heavy atom. The predicted molar refractivity (Wildman–Crippen MR) is 74.0 cm³/mol. The van der Waals surface area contributed by atoms with Crippen LogP contribution in [0.1, 0.15) is 24.2 Å². The number of halogens is 1. The van der Waals surface area contributed by atoms with E-state index in [1.54, 1.807) is 4.90 Å². The van der Waals surface area contributed by atoms with E-state index in [2.05, 4.69) is 0 Å². The van der Waals surface area contributed by atoms with Gasteiger partial charge in [-0.2, -0.15) is 0 Å². The van der Waals surface area contributed by atoms with Crippen LogP contribution in [0.5, 0.6) is 0 Å². The third kappa shape index (κ3) is 2.91. The maximum Gasteiger partial charge on any atom is 0.283 e. The fraction of sp³-hybridized carbons (Fsp3) is 0.462. The van der Waals surface area contributed by atoms with Gasteiger partial charge in [0.05, 0.1) is 23.7 Å². The normalized spacial score (nSPS) is 22.6. The maximum atomic E-state index is 12.5. The molecule has 1 aromatic carbocycles. The van der Waals surface area contributed by atoms with Crippen molar-refractivity contribution in [3.63, 3.8) is 0 Å². The van der Waals surface area contributed by atoms with Crippen LogP contribution < -0.4 is 0 Å². The second-order valence-electron chi connectivity index (χ2n) is 4.87. The molecule has 0 N–H and O–H groups in total. The lowest BCUT2D eigenvalue weighted by Gasteiger charge is -2.36. The van der Waals surface area contributed by atoms with Crippen LogP contribution in [0.4, 0.5) is 5.69 Å². The molecule has 2 rings (SSSR count). The van der Waals surface area contributed by atoms with Gasteiger partial charge in [0.1, 0.15) is 5.56 Å². The summed E-state index contributed by atoms with van der Waals surface area (Å²) in [5.74, 6) is -0.365. The standard InChI is InChI=1S/C13H15ClN2O4/c1-8-7-20-9(2)6-15(8)13(17)11-4-3-10(14)5-12(11)16(18)19/h3-5,8-9H,6-7H2,1-2H3. The quantitative estimate of drug-likeness (QED) is 0.621. The summed E-state index contributed by atoms with van der Waals surface area (Å²) in [7, 11) is 0. The lowest BCUT2D eigenvalue weighted by molar-refractivity contribution is -0.385. The first-order valence-corrected chi connectivity index (χ1v) is 6.64. The molecule has 1 aromatic rings. The molecule has 1 aliphatic heterocycles. The number of carbonyl (C=O) groups excluding carboxylic acids is 1. The summed E-state index contributed by atoms with van der Waals surface area (Å²) in [6.07, 6.45) is -0.0819. The zero-order valence-corrected chi connectivity index (χ0v) is 12.0. The summed E-state index contributed by atoms with van der Waals surface area (Å²) in [4.78, 5) is 24.6. The molecular formula is C13H15ClN2O4. The molecule has 2 unspecified atom stereocenters. The van der Waals surface area contributed by atoms with Crippen molar-refractivity contribution in [3.8, 4) is 0 Å². The van der Waals surface area contributed by atoms with Crippen molar-refractivity contribution in [1.82, 2.24) is 4.90 Å². The lowest BCUT2D eigenvalue weighted by Crippen LogP contribution is -2.50. The molecule has 0 spiro atoms. The number of carbonyl (C=O) groups is 1. The molecule has 0 bridgehead atoms. The molecule has 0 saturated carbocycles. The van der Waals surface area contributed by atoms with Crippen LogP contribution in [0.15, 0.2) is 18.2 Å². The van der Waals surface area contributed by atoms with Crippen molar-refractivity contribution in [2.75, 3.05) is 13.2 Å². The highest BCUT2D eigenvalue weighted by Gasteiger charge is 2.31. The fourth-order valence-electron chi connectivity index (χ4n) is 2.18. The molecular weight excluding hydrogens is 284 g/mol. The number of nitrogens with zero attached hydrogens (tertiary/aromatic N) is 2. The van der Waals surface area contributed by atoms with Crippen LogP contribution in [0, 0.1) is 10.1 Å². The summed E-state index contributed by atoms with van der Waals surface area (Å²) in [5.41, 5.74) is -0.214. The molecule has 0 aromatic heterocycles. The van der Waals surface area contributed by atoms with E-state index in [4.69, 9.17) is 16.3 Å². The van der Waals surface area contributed by atoms with Crippen molar-refractivity contribution in [1.29, 1.82) is 0 Å². The number of morpholine rings is 1. The largest absolute Gasteiger partial charge is 0.375 e. The van der Waals surface area contributed by atoms with Crippen molar-refractivity contribution >= 4 is 23.2 Å². The Morgan fingerprint density at radius 3 is 2.85 bits per heavy atom. The van der Waals surface area contributed by atoms with Gasteiger partial charge in [0, 0.05) is 17.6 Å². The SMILES string of the molecule is CC1CN(C(=O)c2ccc(Cl)cc2[N+](=O)[O-])C(C)CO1. The highest BCUT2D eigenvalue weighted by atomic mass is 35.5. The third-order valence-electron chi connectivity index (χ3n) is 3.26. The van der Waals surface area contributed by atoms with E-state index in [1.807, 2.05) is 13.8 Å². The molecule has 1 fully saturated rings. The Balaban J connectivity index is 2.35. The van der Waals surface area contributed by atoms with Gasteiger partial charge in [-0.05, 0) is 26.0 Å². The van der Waals surface area contributed by atoms with Crippen molar-refractivity contribution in [2.45, 2.75) is 26.0 Å². The number of benzene rings is 1. The van der Waals surface area contributed by atoms with E-state index in [0.29, 0.717) is 13.2 Å². The molecule has 108 valence electrons. The Morgan fingerprint density at radius 1 is 1.50 bits per heavy atom. The van der Waals surface area contributed by atoms with Crippen LogP contribution in [-0.4, -0.2) is 41.0 Å². The van der Waals surface area contributed by atoms with Crippen LogP contribution >= 0.6 is 11.6 Å². The number of hydrogen-bond acceptors (Lipinski definition) is 4. The number of rotatable bonds is 2. The monoisotopic (exact) mass is 298 g/mol. The van der Waals surface area contributed by atoms with Gasteiger partial charge in [-0.15, -0.1) is 0 Å². The fourth-order valence-corrected chi connectivity index (χ4v) is 2.34. The summed E-state index contributed by atoms with van der Waals surface area (Å²) in [6, 6.07) is 3.96. The van der Waals surface area contributed by atoms with Gasteiger partial charge >= 0.3 is 0 Å². The van der Waals surface area contributed by atoms with Crippen molar-refractivity contribution < 1.29 is 14.5 Å². The molecule has 6 nitrogen and oxygen atoms in total. The molecule has 0 aliphatic carbocycles. The number of amides is 1. The minimum Gasteiger partial charge on any atom is -0.375 e. The third-order valence-corrected chi connectivity index (χ3v) is 3.49. The van der Waals surface area contributed by atoms with Crippen LogP contribution in [-0.2, 0) is 4.74 Å². The zero-order valence-electron chi connectivity index (χ0n) is 11.2. The molecule has 1 heterocycles. The Hall–Kier alpha value is -1.66. The Bertz CT molecular complexity index is 549. The van der Waals surface area contributed by atoms with Gasteiger partial charge < -0.3 is 9.64 Å². The van der Waals surface area contributed by atoms with Crippen LogP contribution in [0.3, 0.4) is 0 Å². The highest BCUT2D eigenvalue weighted by Crippen LogP contribution is 2.26. The van der Waals surface area contributed by atoms with Crippen LogP contribution in [0.2, 0.25) is 5.02 Å². The van der Waals surface area contributed by atoms with Gasteiger partial charge in [-0.1, -0.05) is 11.6 Å². The smallest absolute Gasteiger partial charge is 0.283 e. The molecule has 1 aliphatic rings. The van der Waals surface area contributed by atoms with Crippen LogP contribution in [0.25, 0.3) is 0 Å². The maximum absolute atomic E-state index is 12.5. The molecule has 20 heavy (non-hydrogen) atoms. The van der Waals surface area contributed by atoms with Gasteiger partial charge in [-0.3, -0.25) is 14.9 Å². The van der Waals surface area contributed by atoms with Gasteiger partial charge in [0.2, 0.25) is 0 Å². The zero-order chi connectivity index (χ0) is 14.9. The Labute approximate surface area is 121 Å². The molecule has 0 radical (unpaired) electrons. The van der Waals surface area contributed by atoms with E-state index in [1.165, 1.54) is 18.2 Å². The molecule has 1 saturated heterocycles. The molecule has 1 amide bonds. The molecule has 2 atom stereocenters. The number of nitro benzene ring substituents is 1. The number of ether oxygens (including phenoxy) is 1. The summed E-state index contributed by atoms with van der Waals surface area (Å²) >= 11 is 5.75. The van der Waals surface area contributed by atoms with Gasteiger partial charge in [0.15, 0.2) is 0 Å². The molecule has 7 heteroatoms. The minimum absolute atomic E-state index is 0.0559. The van der Waals surface area contributed by atoms with E-state index in [-0.39, 0.29) is 34.3 Å². The number of hydrogen-bond donors (Lipinski definition) is 0. The van der Waals surface area contributed by atoms with Gasteiger partial charge in [-0.25, -0.2) is 0 Å².